The summed E-state index contributed by atoms with van der Waals surface area (Å²) in [4.78, 5) is 38.7. The Morgan fingerprint density at radius 2 is 1.62 bits per heavy atom. The number of hydroxylamine groups is 1. The molecule has 0 spiro atoms. The molecule has 0 aliphatic carbocycles. The van der Waals surface area contributed by atoms with Crippen LogP contribution in [0.3, 0.4) is 0 Å². The number of rotatable bonds is 10. The third-order valence-corrected chi connectivity index (χ3v) is 5.61. The molecule has 0 saturated heterocycles. The summed E-state index contributed by atoms with van der Waals surface area (Å²) in [5.41, 5.74) is 1.89. The number of benzene rings is 2. The van der Waals surface area contributed by atoms with Gasteiger partial charge in [0.15, 0.2) is 0 Å². The molecule has 4 N–H and O–H groups in total. The molecule has 186 valence electrons. The van der Waals surface area contributed by atoms with Crippen LogP contribution in [0.5, 0.6) is 0 Å². The molecule has 0 heterocycles. The van der Waals surface area contributed by atoms with Gasteiger partial charge in [-0.15, -0.1) is 0 Å². The standard InChI is InChI=1S/C26H37N3O5/c1-16(2)15-34-21(24(31)29-33)20(23(30)28-22(25(32)27-6)26(3,4)5)14-17-11-12-18-9-7-8-10-19(18)13-17/h7-13,16,20-22,33H,14-15H2,1-6H3,(H,27,32)(H,28,30)(H,29,31)/t20-,21+,22-/m1/s1. The lowest BCUT2D eigenvalue weighted by Crippen LogP contribution is -2.57. The molecule has 0 saturated carbocycles. The summed E-state index contributed by atoms with van der Waals surface area (Å²) in [5.74, 6) is -2.53. The Balaban J connectivity index is 2.45. The monoisotopic (exact) mass is 471 g/mol. The van der Waals surface area contributed by atoms with Gasteiger partial charge < -0.3 is 15.4 Å². The van der Waals surface area contributed by atoms with Crippen LogP contribution < -0.4 is 16.1 Å². The first-order valence-corrected chi connectivity index (χ1v) is 11.5. The number of nitrogens with one attached hydrogen (secondary N) is 3. The number of carbonyl (C=O) groups is 3. The minimum atomic E-state index is -1.25. The summed E-state index contributed by atoms with van der Waals surface area (Å²) >= 11 is 0. The number of fused-ring (bicyclic) bond motifs is 1. The zero-order valence-corrected chi connectivity index (χ0v) is 20.8. The smallest absolute Gasteiger partial charge is 0.273 e. The molecule has 0 aromatic heterocycles. The highest BCUT2D eigenvalue weighted by Gasteiger charge is 2.39. The highest BCUT2D eigenvalue weighted by atomic mass is 16.5. The van der Waals surface area contributed by atoms with Gasteiger partial charge >= 0.3 is 0 Å². The van der Waals surface area contributed by atoms with Crippen LogP contribution >= 0.6 is 0 Å². The average Bonchev–Trinajstić information content (AvgIpc) is 2.79. The maximum Gasteiger partial charge on any atom is 0.273 e. The van der Waals surface area contributed by atoms with E-state index < -0.39 is 35.3 Å². The van der Waals surface area contributed by atoms with Crippen molar-refractivity contribution in [3.8, 4) is 0 Å². The highest BCUT2D eigenvalue weighted by molar-refractivity contribution is 5.93. The molecule has 0 radical (unpaired) electrons. The Kier molecular flexibility index (Phi) is 9.58. The van der Waals surface area contributed by atoms with Gasteiger partial charge in [-0.25, -0.2) is 5.48 Å². The minimum Gasteiger partial charge on any atom is -0.367 e. The molecule has 2 rings (SSSR count). The minimum absolute atomic E-state index is 0.103. The van der Waals surface area contributed by atoms with Crippen molar-refractivity contribution in [2.24, 2.45) is 17.3 Å². The summed E-state index contributed by atoms with van der Waals surface area (Å²) < 4.78 is 5.82. The van der Waals surface area contributed by atoms with E-state index in [2.05, 4.69) is 10.6 Å². The van der Waals surface area contributed by atoms with Crippen molar-refractivity contribution in [1.29, 1.82) is 0 Å². The summed E-state index contributed by atoms with van der Waals surface area (Å²) in [7, 11) is 1.51. The molecule has 0 aliphatic heterocycles. The van der Waals surface area contributed by atoms with Gasteiger partial charge in [-0.1, -0.05) is 77.1 Å². The zero-order valence-electron chi connectivity index (χ0n) is 20.8. The average molecular weight is 472 g/mol. The molecule has 3 amide bonds. The van der Waals surface area contributed by atoms with Gasteiger partial charge in [0.05, 0.1) is 5.92 Å². The summed E-state index contributed by atoms with van der Waals surface area (Å²) in [6, 6.07) is 12.8. The fourth-order valence-corrected chi connectivity index (χ4v) is 3.76. The van der Waals surface area contributed by atoms with Crippen molar-refractivity contribution < 1.29 is 24.3 Å². The molecule has 0 unspecified atom stereocenters. The molecule has 0 fully saturated rings. The third kappa shape index (κ3) is 7.27. The van der Waals surface area contributed by atoms with Crippen LogP contribution in [0.4, 0.5) is 0 Å². The van der Waals surface area contributed by atoms with Gasteiger partial charge in [0, 0.05) is 13.7 Å². The van der Waals surface area contributed by atoms with Crippen LogP contribution in [0.15, 0.2) is 42.5 Å². The van der Waals surface area contributed by atoms with Crippen LogP contribution in [0, 0.1) is 17.3 Å². The Morgan fingerprint density at radius 3 is 2.18 bits per heavy atom. The van der Waals surface area contributed by atoms with Crippen molar-refractivity contribution in [1.82, 2.24) is 16.1 Å². The lowest BCUT2D eigenvalue weighted by molar-refractivity contribution is -0.152. The second-order valence-corrected chi connectivity index (χ2v) is 10.0. The summed E-state index contributed by atoms with van der Waals surface area (Å²) in [6.45, 7) is 9.61. The highest BCUT2D eigenvalue weighted by Crippen LogP contribution is 2.24. The number of likely N-dealkylation sites (N-methyl/N-ethyl adjacent to an activating group) is 1. The van der Waals surface area contributed by atoms with Crippen LogP contribution in [-0.2, 0) is 25.5 Å². The van der Waals surface area contributed by atoms with Gasteiger partial charge in [-0.05, 0) is 34.1 Å². The second-order valence-electron chi connectivity index (χ2n) is 10.0. The maximum atomic E-state index is 13.6. The van der Waals surface area contributed by atoms with Gasteiger partial charge in [-0.2, -0.15) is 0 Å². The Morgan fingerprint density at radius 1 is 0.971 bits per heavy atom. The lowest BCUT2D eigenvalue weighted by Gasteiger charge is -2.33. The first-order valence-electron chi connectivity index (χ1n) is 11.5. The fraction of sp³-hybridized carbons (Fsp3) is 0.500. The fourth-order valence-electron chi connectivity index (χ4n) is 3.76. The number of hydrogen-bond donors (Lipinski definition) is 4. The summed E-state index contributed by atoms with van der Waals surface area (Å²) in [5, 5.41) is 16.8. The van der Waals surface area contributed by atoms with Crippen molar-refractivity contribution in [3.63, 3.8) is 0 Å². The first-order chi connectivity index (χ1) is 16.0. The van der Waals surface area contributed by atoms with E-state index in [-0.39, 0.29) is 24.9 Å². The molecule has 8 heteroatoms. The van der Waals surface area contributed by atoms with Gasteiger partial charge in [0.25, 0.3) is 5.91 Å². The molecule has 8 nitrogen and oxygen atoms in total. The first kappa shape index (κ1) is 27.3. The van der Waals surface area contributed by atoms with E-state index in [1.54, 1.807) is 5.48 Å². The van der Waals surface area contributed by atoms with E-state index in [0.717, 1.165) is 16.3 Å². The van der Waals surface area contributed by atoms with Crippen molar-refractivity contribution in [2.75, 3.05) is 13.7 Å². The quantitative estimate of drug-likeness (QED) is 0.314. The molecule has 0 aliphatic rings. The maximum absolute atomic E-state index is 13.6. The van der Waals surface area contributed by atoms with E-state index >= 15 is 0 Å². The Labute approximate surface area is 201 Å². The molecular formula is C26H37N3O5. The second kappa shape index (κ2) is 11.9. The Bertz CT molecular complexity index is 999. The van der Waals surface area contributed by atoms with Gasteiger partial charge in [0.1, 0.15) is 12.1 Å². The van der Waals surface area contributed by atoms with Crippen molar-refractivity contribution in [3.05, 3.63) is 48.0 Å². The van der Waals surface area contributed by atoms with E-state index in [1.807, 2.05) is 77.1 Å². The zero-order chi connectivity index (χ0) is 25.5. The van der Waals surface area contributed by atoms with E-state index in [4.69, 9.17) is 4.74 Å². The predicted octanol–water partition coefficient (Wildman–Crippen LogP) is 2.82. The molecule has 2 aromatic rings. The van der Waals surface area contributed by atoms with Gasteiger partial charge in [-0.3, -0.25) is 19.6 Å². The van der Waals surface area contributed by atoms with Crippen LogP contribution in [0.2, 0.25) is 0 Å². The number of amides is 3. The van der Waals surface area contributed by atoms with E-state index in [9.17, 15) is 19.6 Å². The van der Waals surface area contributed by atoms with Crippen LogP contribution in [-0.4, -0.2) is 48.7 Å². The van der Waals surface area contributed by atoms with E-state index in [0.29, 0.717) is 0 Å². The SMILES string of the molecule is CNC(=O)[C@@H](NC(=O)[C@H](Cc1ccc2ccccc2c1)[C@H](OCC(C)C)C(=O)NO)C(C)(C)C. The molecular weight excluding hydrogens is 434 g/mol. The van der Waals surface area contributed by atoms with Crippen molar-refractivity contribution >= 4 is 28.5 Å². The number of ether oxygens (including phenoxy) is 1. The van der Waals surface area contributed by atoms with E-state index in [1.165, 1.54) is 7.05 Å². The molecule has 2 aromatic carbocycles. The summed E-state index contributed by atoms with van der Waals surface area (Å²) in [6.07, 6.45) is -1.07. The number of hydrogen-bond acceptors (Lipinski definition) is 5. The van der Waals surface area contributed by atoms with Crippen LogP contribution in [0.1, 0.15) is 40.2 Å². The largest absolute Gasteiger partial charge is 0.367 e. The Hall–Kier alpha value is -2.97. The third-order valence-electron chi connectivity index (χ3n) is 5.61. The van der Waals surface area contributed by atoms with Gasteiger partial charge in [0.2, 0.25) is 11.8 Å². The predicted molar refractivity (Wildman–Crippen MR) is 131 cm³/mol. The number of carbonyl (C=O) groups excluding carboxylic acids is 3. The molecule has 3 atom stereocenters. The van der Waals surface area contributed by atoms with Crippen LogP contribution in [0.25, 0.3) is 10.8 Å². The normalized spacial score (nSPS) is 14.4. The molecule has 34 heavy (non-hydrogen) atoms. The van der Waals surface area contributed by atoms with Crippen molar-refractivity contribution in [2.45, 2.75) is 53.2 Å². The topological polar surface area (TPSA) is 117 Å². The lowest BCUT2D eigenvalue weighted by atomic mass is 9.84. The molecule has 0 bridgehead atoms.